The Bertz CT molecular complexity index is 480. The zero-order valence-corrected chi connectivity index (χ0v) is 11.6. The van der Waals surface area contributed by atoms with E-state index in [2.05, 4.69) is 15.9 Å². The standard InChI is InChI=1S/C15H13BrO2/c1-18-14-8-6-13(7-9-14)15(17)12-4-2-11(10-16)3-5-12/h2-9H,10H2,1H3. The summed E-state index contributed by atoms with van der Waals surface area (Å²) in [5, 5.41) is 0.796. The lowest BCUT2D eigenvalue weighted by atomic mass is 10.0. The molecule has 2 rings (SSSR count). The summed E-state index contributed by atoms with van der Waals surface area (Å²) in [6.45, 7) is 0. The van der Waals surface area contributed by atoms with Gasteiger partial charge in [-0.15, -0.1) is 0 Å². The second-order valence-corrected chi connectivity index (χ2v) is 4.45. The summed E-state index contributed by atoms with van der Waals surface area (Å²) in [5.74, 6) is 0.778. The molecule has 0 radical (unpaired) electrons. The molecule has 2 aromatic rings. The van der Waals surface area contributed by atoms with Gasteiger partial charge in [-0.25, -0.2) is 0 Å². The number of carbonyl (C=O) groups excluding carboxylic acids is 1. The van der Waals surface area contributed by atoms with Crippen LogP contribution in [0.4, 0.5) is 0 Å². The molecular formula is C15H13BrO2. The molecule has 3 heteroatoms. The van der Waals surface area contributed by atoms with E-state index in [0.717, 1.165) is 16.6 Å². The van der Waals surface area contributed by atoms with E-state index in [1.54, 1.807) is 31.4 Å². The lowest BCUT2D eigenvalue weighted by Crippen LogP contribution is -2.01. The van der Waals surface area contributed by atoms with Crippen LogP contribution in [0.3, 0.4) is 0 Å². The van der Waals surface area contributed by atoms with E-state index in [1.807, 2.05) is 24.3 Å². The van der Waals surface area contributed by atoms with Crippen molar-refractivity contribution in [1.29, 1.82) is 0 Å². The van der Waals surface area contributed by atoms with Crippen LogP contribution in [0, 0.1) is 0 Å². The SMILES string of the molecule is COc1ccc(C(=O)c2ccc(CBr)cc2)cc1. The Morgan fingerprint density at radius 3 is 1.94 bits per heavy atom. The van der Waals surface area contributed by atoms with Crippen LogP contribution in [-0.4, -0.2) is 12.9 Å². The lowest BCUT2D eigenvalue weighted by molar-refractivity contribution is 0.103. The van der Waals surface area contributed by atoms with Gasteiger partial charge in [0, 0.05) is 16.5 Å². The van der Waals surface area contributed by atoms with Crippen LogP contribution < -0.4 is 4.74 Å². The molecule has 0 heterocycles. The normalized spacial score (nSPS) is 10.1. The molecule has 0 aromatic heterocycles. The average molecular weight is 305 g/mol. The number of carbonyl (C=O) groups is 1. The number of methoxy groups -OCH3 is 1. The second kappa shape index (κ2) is 5.83. The highest BCUT2D eigenvalue weighted by molar-refractivity contribution is 9.08. The van der Waals surface area contributed by atoms with E-state index in [4.69, 9.17) is 4.74 Å². The number of rotatable bonds is 4. The topological polar surface area (TPSA) is 26.3 Å². The van der Waals surface area contributed by atoms with Gasteiger partial charge in [0.05, 0.1) is 7.11 Å². The van der Waals surface area contributed by atoms with Crippen molar-refractivity contribution in [3.8, 4) is 5.75 Å². The predicted molar refractivity (Wildman–Crippen MR) is 75.5 cm³/mol. The summed E-state index contributed by atoms with van der Waals surface area (Å²) in [4.78, 5) is 12.2. The van der Waals surface area contributed by atoms with Gasteiger partial charge in [-0.2, -0.15) is 0 Å². The molecule has 0 fully saturated rings. The highest BCUT2D eigenvalue weighted by Gasteiger charge is 2.08. The van der Waals surface area contributed by atoms with E-state index in [9.17, 15) is 4.79 Å². The fourth-order valence-corrected chi connectivity index (χ4v) is 2.03. The van der Waals surface area contributed by atoms with Crippen LogP contribution >= 0.6 is 15.9 Å². The molecule has 0 aliphatic heterocycles. The third-order valence-electron chi connectivity index (χ3n) is 2.72. The Hall–Kier alpha value is -1.61. The maximum absolute atomic E-state index is 12.2. The third kappa shape index (κ3) is 2.79. The number of ether oxygens (including phenoxy) is 1. The molecule has 0 bridgehead atoms. The first-order valence-electron chi connectivity index (χ1n) is 5.58. The van der Waals surface area contributed by atoms with Crippen molar-refractivity contribution in [2.75, 3.05) is 7.11 Å². The van der Waals surface area contributed by atoms with E-state index in [1.165, 1.54) is 0 Å². The summed E-state index contributed by atoms with van der Waals surface area (Å²) in [6.07, 6.45) is 0. The summed E-state index contributed by atoms with van der Waals surface area (Å²) in [5.41, 5.74) is 2.52. The van der Waals surface area contributed by atoms with Crippen LogP contribution in [0.15, 0.2) is 48.5 Å². The highest BCUT2D eigenvalue weighted by atomic mass is 79.9. The van der Waals surface area contributed by atoms with Crippen molar-refractivity contribution >= 4 is 21.7 Å². The Kier molecular flexibility index (Phi) is 4.15. The van der Waals surface area contributed by atoms with Crippen LogP contribution in [0.1, 0.15) is 21.5 Å². The van der Waals surface area contributed by atoms with Gasteiger partial charge >= 0.3 is 0 Å². The molecule has 92 valence electrons. The Morgan fingerprint density at radius 2 is 1.50 bits per heavy atom. The number of halogens is 1. The largest absolute Gasteiger partial charge is 0.497 e. The summed E-state index contributed by atoms with van der Waals surface area (Å²) < 4.78 is 5.07. The van der Waals surface area contributed by atoms with E-state index < -0.39 is 0 Å². The first-order valence-corrected chi connectivity index (χ1v) is 6.70. The molecule has 0 N–H and O–H groups in total. The average Bonchev–Trinajstić information content (AvgIpc) is 2.47. The lowest BCUT2D eigenvalue weighted by Gasteiger charge is -2.04. The predicted octanol–water partition coefficient (Wildman–Crippen LogP) is 3.82. The molecule has 18 heavy (non-hydrogen) atoms. The van der Waals surface area contributed by atoms with Crippen LogP contribution in [0.5, 0.6) is 5.75 Å². The molecule has 0 spiro atoms. The van der Waals surface area contributed by atoms with Crippen LogP contribution in [0.25, 0.3) is 0 Å². The van der Waals surface area contributed by atoms with Gasteiger partial charge in [0.2, 0.25) is 0 Å². The van der Waals surface area contributed by atoms with Gasteiger partial charge in [-0.05, 0) is 29.8 Å². The first-order chi connectivity index (χ1) is 8.74. The number of benzene rings is 2. The minimum atomic E-state index is 0.0266. The van der Waals surface area contributed by atoms with Crippen molar-refractivity contribution in [1.82, 2.24) is 0 Å². The molecule has 0 aliphatic rings. The smallest absolute Gasteiger partial charge is 0.193 e. The highest BCUT2D eigenvalue weighted by Crippen LogP contribution is 2.16. The monoisotopic (exact) mass is 304 g/mol. The zero-order valence-electron chi connectivity index (χ0n) is 10.0. The maximum atomic E-state index is 12.2. The third-order valence-corrected chi connectivity index (χ3v) is 3.37. The number of hydrogen-bond donors (Lipinski definition) is 0. The van der Waals surface area contributed by atoms with Crippen molar-refractivity contribution < 1.29 is 9.53 Å². The summed E-state index contributed by atoms with van der Waals surface area (Å²) >= 11 is 3.38. The summed E-state index contributed by atoms with van der Waals surface area (Å²) in [6, 6.07) is 14.7. The van der Waals surface area contributed by atoms with Gasteiger partial charge in [0.15, 0.2) is 5.78 Å². The van der Waals surface area contributed by atoms with Crippen molar-refractivity contribution in [2.45, 2.75) is 5.33 Å². The molecule has 0 atom stereocenters. The Balaban J connectivity index is 2.23. The number of alkyl halides is 1. The van der Waals surface area contributed by atoms with E-state index in [-0.39, 0.29) is 5.78 Å². The Morgan fingerprint density at radius 1 is 1.00 bits per heavy atom. The van der Waals surface area contributed by atoms with E-state index >= 15 is 0 Å². The minimum Gasteiger partial charge on any atom is -0.497 e. The van der Waals surface area contributed by atoms with Gasteiger partial charge in [-0.1, -0.05) is 40.2 Å². The van der Waals surface area contributed by atoms with Crippen molar-refractivity contribution in [2.24, 2.45) is 0 Å². The van der Waals surface area contributed by atoms with Crippen LogP contribution in [-0.2, 0) is 5.33 Å². The molecule has 0 saturated heterocycles. The van der Waals surface area contributed by atoms with Gasteiger partial charge in [0.25, 0.3) is 0 Å². The van der Waals surface area contributed by atoms with Gasteiger partial charge in [0.1, 0.15) is 5.75 Å². The number of ketones is 1. The van der Waals surface area contributed by atoms with E-state index in [0.29, 0.717) is 11.1 Å². The Labute approximate surface area is 115 Å². The molecule has 0 unspecified atom stereocenters. The van der Waals surface area contributed by atoms with Crippen molar-refractivity contribution in [3.05, 3.63) is 65.2 Å². The summed E-state index contributed by atoms with van der Waals surface area (Å²) in [7, 11) is 1.61. The molecule has 2 aromatic carbocycles. The molecule has 0 saturated carbocycles. The van der Waals surface area contributed by atoms with Crippen LogP contribution in [0.2, 0.25) is 0 Å². The van der Waals surface area contributed by atoms with Crippen molar-refractivity contribution in [3.63, 3.8) is 0 Å². The molecule has 0 aliphatic carbocycles. The minimum absolute atomic E-state index is 0.0266. The number of hydrogen-bond acceptors (Lipinski definition) is 2. The fourth-order valence-electron chi connectivity index (χ4n) is 1.65. The maximum Gasteiger partial charge on any atom is 0.193 e. The second-order valence-electron chi connectivity index (χ2n) is 3.89. The quantitative estimate of drug-likeness (QED) is 0.634. The van der Waals surface area contributed by atoms with Gasteiger partial charge in [-0.3, -0.25) is 4.79 Å². The zero-order chi connectivity index (χ0) is 13.0. The molecule has 2 nitrogen and oxygen atoms in total. The molecule has 0 amide bonds. The molecular weight excluding hydrogens is 292 g/mol. The van der Waals surface area contributed by atoms with Gasteiger partial charge < -0.3 is 4.74 Å². The fraction of sp³-hybridized carbons (Fsp3) is 0.133. The first kappa shape index (κ1) is 12.8.